The SMILES string of the molecule is CS(=O)(=O)CCCC(N)c1cccc(S(C)(=O)=O)c1. The minimum Gasteiger partial charge on any atom is -0.324 e. The van der Waals surface area contributed by atoms with Crippen LogP contribution in [0.15, 0.2) is 29.2 Å². The summed E-state index contributed by atoms with van der Waals surface area (Å²) in [6.07, 6.45) is 3.29. The van der Waals surface area contributed by atoms with Crippen molar-refractivity contribution in [3.8, 4) is 0 Å². The molecular formula is C12H19NO4S2. The van der Waals surface area contributed by atoms with E-state index in [0.29, 0.717) is 18.4 Å². The molecule has 0 aliphatic rings. The van der Waals surface area contributed by atoms with E-state index >= 15 is 0 Å². The maximum absolute atomic E-state index is 11.4. The van der Waals surface area contributed by atoms with Crippen LogP contribution in [0.2, 0.25) is 0 Å². The van der Waals surface area contributed by atoms with E-state index in [0.717, 1.165) is 6.26 Å². The van der Waals surface area contributed by atoms with Gasteiger partial charge in [-0.1, -0.05) is 12.1 Å². The Morgan fingerprint density at radius 1 is 1.16 bits per heavy atom. The van der Waals surface area contributed by atoms with Crippen LogP contribution in [0.4, 0.5) is 0 Å². The maximum Gasteiger partial charge on any atom is 0.175 e. The molecule has 0 radical (unpaired) electrons. The van der Waals surface area contributed by atoms with E-state index in [1.807, 2.05) is 0 Å². The van der Waals surface area contributed by atoms with Gasteiger partial charge >= 0.3 is 0 Å². The zero-order valence-electron chi connectivity index (χ0n) is 11.0. The maximum atomic E-state index is 11.4. The Hall–Kier alpha value is -0.920. The summed E-state index contributed by atoms with van der Waals surface area (Å²) in [7, 11) is -6.24. The van der Waals surface area contributed by atoms with Crippen LogP contribution in [0.25, 0.3) is 0 Å². The number of benzene rings is 1. The van der Waals surface area contributed by atoms with Gasteiger partial charge in [0.25, 0.3) is 0 Å². The Balaban J connectivity index is 2.75. The third-order valence-electron chi connectivity index (χ3n) is 2.74. The van der Waals surface area contributed by atoms with Crippen LogP contribution in [0.1, 0.15) is 24.4 Å². The highest BCUT2D eigenvalue weighted by Crippen LogP contribution is 2.19. The van der Waals surface area contributed by atoms with Gasteiger partial charge in [-0.3, -0.25) is 0 Å². The van der Waals surface area contributed by atoms with Gasteiger partial charge in [-0.25, -0.2) is 16.8 Å². The normalized spacial score (nSPS) is 14.3. The Morgan fingerprint density at radius 2 is 1.79 bits per heavy atom. The van der Waals surface area contributed by atoms with E-state index in [-0.39, 0.29) is 16.7 Å². The number of hydrogen-bond donors (Lipinski definition) is 1. The van der Waals surface area contributed by atoms with Gasteiger partial charge < -0.3 is 5.73 Å². The first-order chi connectivity index (χ1) is 8.59. The summed E-state index contributed by atoms with van der Waals surface area (Å²) >= 11 is 0. The third-order valence-corrected chi connectivity index (χ3v) is 4.89. The van der Waals surface area contributed by atoms with Crippen LogP contribution in [0, 0.1) is 0 Å². The quantitative estimate of drug-likeness (QED) is 0.843. The standard InChI is InChI=1S/C12H19NO4S2/c1-18(14,15)8-4-7-12(13)10-5-3-6-11(9-10)19(2,16)17/h3,5-6,9,12H,4,7-8,13H2,1-2H3. The molecule has 1 aromatic carbocycles. The molecule has 0 saturated heterocycles. The third kappa shape index (κ3) is 5.71. The van der Waals surface area contributed by atoms with E-state index in [1.54, 1.807) is 18.2 Å². The van der Waals surface area contributed by atoms with Crippen molar-refractivity contribution in [1.29, 1.82) is 0 Å². The average molecular weight is 305 g/mol. The van der Waals surface area contributed by atoms with E-state index in [2.05, 4.69) is 0 Å². The molecule has 5 nitrogen and oxygen atoms in total. The molecule has 0 aromatic heterocycles. The molecule has 1 aromatic rings. The predicted octanol–water partition coefficient (Wildman–Crippen LogP) is 0.915. The number of rotatable bonds is 6. The van der Waals surface area contributed by atoms with Crippen LogP contribution in [0.3, 0.4) is 0 Å². The molecule has 19 heavy (non-hydrogen) atoms. The highest BCUT2D eigenvalue weighted by molar-refractivity contribution is 7.91. The smallest absolute Gasteiger partial charge is 0.175 e. The second-order valence-corrected chi connectivity index (χ2v) is 9.00. The van der Waals surface area contributed by atoms with Crippen LogP contribution in [-0.4, -0.2) is 35.1 Å². The monoisotopic (exact) mass is 305 g/mol. The van der Waals surface area contributed by atoms with Gasteiger partial charge in [0, 0.05) is 24.3 Å². The second kappa shape index (κ2) is 6.02. The van der Waals surface area contributed by atoms with Gasteiger partial charge in [0.2, 0.25) is 0 Å². The molecule has 0 aliphatic heterocycles. The van der Waals surface area contributed by atoms with Crippen molar-refractivity contribution < 1.29 is 16.8 Å². The highest BCUT2D eigenvalue weighted by atomic mass is 32.2. The molecule has 0 heterocycles. The Morgan fingerprint density at radius 3 is 2.32 bits per heavy atom. The van der Waals surface area contributed by atoms with E-state index in [4.69, 9.17) is 5.73 Å². The summed E-state index contributed by atoms with van der Waals surface area (Å²) in [5.74, 6) is 0.0897. The zero-order valence-corrected chi connectivity index (χ0v) is 12.7. The fraction of sp³-hybridized carbons (Fsp3) is 0.500. The lowest BCUT2D eigenvalue weighted by Crippen LogP contribution is -2.13. The van der Waals surface area contributed by atoms with Crippen molar-refractivity contribution in [3.05, 3.63) is 29.8 Å². The van der Waals surface area contributed by atoms with E-state index in [1.165, 1.54) is 12.3 Å². The summed E-state index contributed by atoms with van der Waals surface area (Å²) in [6.45, 7) is 0. The zero-order chi connectivity index (χ0) is 14.7. The predicted molar refractivity (Wildman–Crippen MR) is 75.4 cm³/mol. The van der Waals surface area contributed by atoms with Crippen LogP contribution in [0.5, 0.6) is 0 Å². The van der Waals surface area contributed by atoms with Crippen LogP contribution < -0.4 is 5.73 Å². The topological polar surface area (TPSA) is 94.3 Å². The molecular weight excluding hydrogens is 286 g/mol. The summed E-state index contributed by atoms with van der Waals surface area (Å²) < 4.78 is 44.9. The first-order valence-corrected chi connectivity index (χ1v) is 9.78. The van der Waals surface area contributed by atoms with Crippen molar-refractivity contribution in [3.63, 3.8) is 0 Å². The minimum atomic E-state index is -3.25. The molecule has 0 bridgehead atoms. The summed E-state index contributed by atoms with van der Waals surface area (Å²) in [5, 5.41) is 0. The average Bonchev–Trinajstić information content (AvgIpc) is 2.26. The summed E-state index contributed by atoms with van der Waals surface area (Å²) in [4.78, 5) is 0.226. The molecule has 0 saturated carbocycles. The Labute approximate surface area is 114 Å². The van der Waals surface area contributed by atoms with Gasteiger partial charge in [-0.05, 0) is 30.5 Å². The molecule has 1 atom stereocenters. The van der Waals surface area contributed by atoms with Crippen molar-refractivity contribution in [1.82, 2.24) is 0 Å². The fourth-order valence-electron chi connectivity index (χ4n) is 1.71. The molecule has 0 spiro atoms. The number of hydrogen-bond acceptors (Lipinski definition) is 5. The van der Waals surface area contributed by atoms with Crippen molar-refractivity contribution in [2.24, 2.45) is 5.73 Å². The van der Waals surface area contributed by atoms with Gasteiger partial charge in [0.05, 0.1) is 4.90 Å². The van der Waals surface area contributed by atoms with E-state index < -0.39 is 19.7 Å². The molecule has 108 valence electrons. The lowest BCUT2D eigenvalue weighted by molar-refractivity contribution is 0.587. The molecule has 2 N–H and O–H groups in total. The highest BCUT2D eigenvalue weighted by Gasteiger charge is 2.12. The molecule has 0 aliphatic carbocycles. The number of sulfone groups is 2. The van der Waals surface area contributed by atoms with Crippen molar-refractivity contribution in [2.45, 2.75) is 23.8 Å². The van der Waals surface area contributed by atoms with Crippen LogP contribution in [-0.2, 0) is 19.7 Å². The summed E-state index contributed by atoms with van der Waals surface area (Å²) in [6, 6.07) is 6.09. The Kier molecular flexibility index (Phi) is 5.11. The largest absolute Gasteiger partial charge is 0.324 e. The van der Waals surface area contributed by atoms with Gasteiger partial charge in [-0.2, -0.15) is 0 Å². The van der Waals surface area contributed by atoms with Crippen molar-refractivity contribution in [2.75, 3.05) is 18.3 Å². The van der Waals surface area contributed by atoms with Crippen LogP contribution >= 0.6 is 0 Å². The lowest BCUT2D eigenvalue weighted by atomic mass is 10.0. The first-order valence-electron chi connectivity index (χ1n) is 5.83. The van der Waals surface area contributed by atoms with Gasteiger partial charge in [0.1, 0.15) is 9.84 Å². The van der Waals surface area contributed by atoms with Crippen molar-refractivity contribution >= 4 is 19.7 Å². The molecule has 1 unspecified atom stereocenters. The molecule has 0 fully saturated rings. The van der Waals surface area contributed by atoms with Gasteiger partial charge in [-0.15, -0.1) is 0 Å². The second-order valence-electron chi connectivity index (χ2n) is 4.72. The number of nitrogens with two attached hydrogens (primary N) is 1. The lowest BCUT2D eigenvalue weighted by Gasteiger charge is -2.12. The summed E-state index contributed by atoms with van der Waals surface area (Å²) in [5.41, 5.74) is 6.65. The molecule has 1 rings (SSSR count). The van der Waals surface area contributed by atoms with Gasteiger partial charge in [0.15, 0.2) is 9.84 Å². The first kappa shape index (κ1) is 16.1. The molecule has 7 heteroatoms. The molecule has 0 amide bonds. The van der Waals surface area contributed by atoms with E-state index in [9.17, 15) is 16.8 Å². The fourth-order valence-corrected chi connectivity index (χ4v) is 3.07. The minimum absolute atomic E-state index is 0.0897. The Bertz CT molecular complexity index is 635.